The van der Waals surface area contributed by atoms with E-state index in [-0.39, 0.29) is 5.60 Å². The van der Waals surface area contributed by atoms with E-state index in [1.807, 2.05) is 6.26 Å². The Morgan fingerprint density at radius 3 is 2.73 bits per heavy atom. The van der Waals surface area contributed by atoms with E-state index >= 15 is 0 Å². The predicted octanol–water partition coefficient (Wildman–Crippen LogP) is 6.32. The van der Waals surface area contributed by atoms with E-state index in [9.17, 15) is 0 Å². The average molecular weight is 467 g/mol. The van der Waals surface area contributed by atoms with E-state index < -0.39 is 0 Å². The Morgan fingerprint density at radius 1 is 1.23 bits per heavy atom. The second-order valence-electron chi connectivity index (χ2n) is 6.84. The Bertz CT molecular complexity index is 954. The van der Waals surface area contributed by atoms with Crippen molar-refractivity contribution in [3.8, 4) is 0 Å². The van der Waals surface area contributed by atoms with Crippen LogP contribution in [0.2, 0.25) is 0 Å². The topological polar surface area (TPSA) is 35.0 Å². The average Bonchev–Trinajstić information content (AvgIpc) is 2.97. The number of fused-ring (bicyclic) bond motifs is 3. The molecule has 0 atom stereocenters. The minimum absolute atomic E-state index is 0.132. The maximum Gasteiger partial charge on any atom is 0.189 e. The Balaban J connectivity index is 1.74. The van der Waals surface area contributed by atoms with E-state index in [1.54, 1.807) is 34.9 Å². The summed E-state index contributed by atoms with van der Waals surface area (Å²) in [4.78, 5) is 12.0. The SMILES string of the molecule is CSc1nc(SCc2ccc(Br)cc2)c2c3c(sc2n1)COC(C)(C)C3. The fourth-order valence-electron chi connectivity index (χ4n) is 3.02. The first kappa shape index (κ1) is 18.7. The molecule has 3 aromatic rings. The van der Waals surface area contributed by atoms with Crippen LogP contribution in [-0.2, 0) is 23.5 Å². The molecule has 0 bridgehead atoms. The lowest BCUT2D eigenvalue weighted by atomic mass is 9.95. The van der Waals surface area contributed by atoms with Gasteiger partial charge in [0.05, 0.1) is 12.2 Å². The summed E-state index contributed by atoms with van der Waals surface area (Å²) in [6.45, 7) is 4.99. The molecular formula is C19H19BrN2OS3. The van der Waals surface area contributed by atoms with Crippen LogP contribution in [0.15, 0.2) is 38.9 Å². The van der Waals surface area contributed by atoms with Gasteiger partial charge in [-0.3, -0.25) is 0 Å². The van der Waals surface area contributed by atoms with Crippen LogP contribution in [0.25, 0.3) is 10.2 Å². The van der Waals surface area contributed by atoms with Crippen molar-refractivity contribution in [2.45, 2.75) is 48.4 Å². The highest BCUT2D eigenvalue weighted by molar-refractivity contribution is 9.10. The highest BCUT2D eigenvalue weighted by Crippen LogP contribution is 2.42. The molecule has 1 aliphatic heterocycles. The van der Waals surface area contributed by atoms with Gasteiger partial charge in [-0.1, -0.05) is 39.8 Å². The summed E-state index contributed by atoms with van der Waals surface area (Å²) in [5.41, 5.74) is 2.54. The fraction of sp³-hybridized carbons (Fsp3) is 0.368. The lowest BCUT2D eigenvalue weighted by molar-refractivity contribution is -0.0379. The highest BCUT2D eigenvalue weighted by atomic mass is 79.9. The molecular weight excluding hydrogens is 448 g/mol. The maximum atomic E-state index is 6.00. The smallest absolute Gasteiger partial charge is 0.189 e. The molecule has 2 aromatic heterocycles. The van der Waals surface area contributed by atoms with Gasteiger partial charge in [0.25, 0.3) is 0 Å². The molecule has 7 heteroatoms. The Morgan fingerprint density at radius 2 is 2.00 bits per heavy atom. The number of thiophene rings is 1. The highest BCUT2D eigenvalue weighted by Gasteiger charge is 2.31. The molecule has 0 saturated heterocycles. The van der Waals surface area contributed by atoms with Gasteiger partial charge >= 0.3 is 0 Å². The van der Waals surface area contributed by atoms with E-state index in [4.69, 9.17) is 14.7 Å². The van der Waals surface area contributed by atoms with Crippen LogP contribution >= 0.6 is 50.8 Å². The third-order valence-electron chi connectivity index (χ3n) is 4.35. The zero-order valence-corrected chi connectivity index (χ0v) is 18.9. The Kier molecular flexibility index (Phi) is 5.36. The van der Waals surface area contributed by atoms with Crippen molar-refractivity contribution >= 4 is 61.0 Å². The number of hydrogen-bond donors (Lipinski definition) is 0. The normalized spacial score (nSPS) is 16.0. The van der Waals surface area contributed by atoms with Gasteiger partial charge in [0, 0.05) is 26.9 Å². The quantitative estimate of drug-likeness (QED) is 0.255. The van der Waals surface area contributed by atoms with Crippen LogP contribution in [-0.4, -0.2) is 21.8 Å². The third kappa shape index (κ3) is 3.83. The Labute approximate surface area is 174 Å². The summed E-state index contributed by atoms with van der Waals surface area (Å²) in [6.07, 6.45) is 2.94. The molecule has 3 heterocycles. The molecule has 0 N–H and O–H groups in total. The van der Waals surface area contributed by atoms with Crippen molar-refractivity contribution in [1.29, 1.82) is 0 Å². The number of rotatable bonds is 4. The summed E-state index contributed by atoms with van der Waals surface area (Å²) in [7, 11) is 0. The monoisotopic (exact) mass is 466 g/mol. The van der Waals surface area contributed by atoms with Crippen LogP contribution in [0.3, 0.4) is 0 Å². The van der Waals surface area contributed by atoms with Gasteiger partial charge in [-0.15, -0.1) is 23.1 Å². The number of ether oxygens (including phenoxy) is 1. The molecule has 0 saturated carbocycles. The summed E-state index contributed by atoms with van der Waals surface area (Å²) in [5.74, 6) is 0.901. The van der Waals surface area contributed by atoms with E-state index in [2.05, 4.69) is 54.0 Å². The van der Waals surface area contributed by atoms with E-state index in [0.29, 0.717) is 6.61 Å². The van der Waals surface area contributed by atoms with Crippen LogP contribution < -0.4 is 0 Å². The molecule has 1 aliphatic rings. The van der Waals surface area contributed by atoms with Gasteiger partial charge in [0.1, 0.15) is 9.86 Å². The van der Waals surface area contributed by atoms with Crippen molar-refractivity contribution in [3.63, 3.8) is 0 Å². The van der Waals surface area contributed by atoms with E-state index in [1.165, 1.54) is 21.4 Å². The zero-order chi connectivity index (χ0) is 18.3. The maximum absolute atomic E-state index is 6.00. The van der Waals surface area contributed by atoms with Crippen molar-refractivity contribution in [2.75, 3.05) is 6.26 Å². The number of aromatic nitrogens is 2. The van der Waals surface area contributed by atoms with Gasteiger partial charge in [-0.25, -0.2) is 9.97 Å². The first-order chi connectivity index (χ1) is 12.4. The second kappa shape index (κ2) is 7.43. The summed E-state index contributed by atoms with van der Waals surface area (Å²) in [5, 5.41) is 3.17. The van der Waals surface area contributed by atoms with Gasteiger partial charge < -0.3 is 4.74 Å². The first-order valence-electron chi connectivity index (χ1n) is 8.33. The molecule has 1 aromatic carbocycles. The minimum atomic E-state index is -0.132. The molecule has 3 nitrogen and oxygen atoms in total. The summed E-state index contributed by atoms with van der Waals surface area (Å²) in [6, 6.07) is 8.49. The van der Waals surface area contributed by atoms with Gasteiger partial charge in [-0.2, -0.15) is 0 Å². The number of hydrogen-bond acceptors (Lipinski definition) is 6. The van der Waals surface area contributed by atoms with Crippen molar-refractivity contribution in [2.24, 2.45) is 0 Å². The third-order valence-corrected chi connectivity index (χ3v) is 7.57. The van der Waals surface area contributed by atoms with Crippen molar-refractivity contribution in [1.82, 2.24) is 9.97 Å². The molecule has 0 fully saturated rings. The standard InChI is InChI=1S/C19H19BrN2OS3/c1-19(2)8-13-14(9-23-19)26-17-15(13)16(21-18(22-17)24-3)25-10-11-4-6-12(20)7-5-11/h4-7H,8-10H2,1-3H3. The molecule has 136 valence electrons. The molecule has 0 aliphatic carbocycles. The van der Waals surface area contributed by atoms with Crippen LogP contribution in [0.5, 0.6) is 0 Å². The van der Waals surface area contributed by atoms with Gasteiger partial charge in [-0.05, 0) is 43.4 Å². The first-order valence-corrected chi connectivity index (χ1v) is 12.1. The van der Waals surface area contributed by atoms with Crippen molar-refractivity contribution in [3.05, 3.63) is 44.7 Å². The van der Waals surface area contributed by atoms with Crippen LogP contribution in [0, 0.1) is 0 Å². The Hall–Kier alpha value is -0.600. The fourth-order valence-corrected chi connectivity index (χ4v) is 5.94. The van der Waals surface area contributed by atoms with Crippen LogP contribution in [0.1, 0.15) is 29.9 Å². The molecule has 26 heavy (non-hydrogen) atoms. The van der Waals surface area contributed by atoms with E-state index in [0.717, 1.165) is 31.7 Å². The number of thioether (sulfide) groups is 2. The second-order valence-corrected chi connectivity index (χ2v) is 10.6. The summed E-state index contributed by atoms with van der Waals surface area (Å²) >= 11 is 8.66. The lowest BCUT2D eigenvalue weighted by Crippen LogP contribution is -2.31. The number of halogens is 1. The minimum Gasteiger partial charge on any atom is -0.370 e. The van der Waals surface area contributed by atoms with Gasteiger partial charge in [0.15, 0.2) is 5.16 Å². The zero-order valence-electron chi connectivity index (χ0n) is 14.8. The molecule has 4 rings (SSSR count). The van der Waals surface area contributed by atoms with Crippen molar-refractivity contribution < 1.29 is 4.74 Å². The largest absolute Gasteiger partial charge is 0.370 e. The molecule has 0 spiro atoms. The van der Waals surface area contributed by atoms with Gasteiger partial charge in [0.2, 0.25) is 0 Å². The summed E-state index contributed by atoms with van der Waals surface area (Å²) < 4.78 is 7.11. The molecule has 0 amide bonds. The number of nitrogens with zero attached hydrogens (tertiary/aromatic N) is 2. The van der Waals surface area contributed by atoms with Crippen LogP contribution in [0.4, 0.5) is 0 Å². The molecule has 0 unspecified atom stereocenters. The molecule has 0 radical (unpaired) electrons. The predicted molar refractivity (Wildman–Crippen MR) is 115 cm³/mol. The number of benzene rings is 1. The lowest BCUT2D eigenvalue weighted by Gasteiger charge is -2.30.